The molecule has 0 spiro atoms. The number of methoxy groups -OCH3 is 1. The number of nitrogens with one attached hydrogen (secondary N) is 1. The fourth-order valence-corrected chi connectivity index (χ4v) is 2.13. The number of amides is 1. The molecule has 1 amide bonds. The number of hydrogen-bond donors (Lipinski definition) is 1. The van der Waals surface area contributed by atoms with Crippen molar-refractivity contribution in [2.45, 2.75) is 19.4 Å². The first-order chi connectivity index (χ1) is 11.1. The molecule has 0 heterocycles. The van der Waals surface area contributed by atoms with Gasteiger partial charge in [-0.3, -0.25) is 4.79 Å². The fraction of sp³-hybridized carbons (Fsp3) is 0.222. The summed E-state index contributed by atoms with van der Waals surface area (Å²) < 4.78 is 10.4. The standard InChI is InChI=1S/C18H19NO4/c1-13(20)19-17(18(21)22-2)12-14-8-10-16(11-9-14)23-15-6-4-3-5-7-15/h3-11,17H,12H2,1-2H3,(H,19,20). The third kappa shape index (κ3) is 5.14. The van der Waals surface area contributed by atoms with Crippen molar-refractivity contribution in [2.24, 2.45) is 0 Å². The highest BCUT2D eigenvalue weighted by Crippen LogP contribution is 2.21. The number of para-hydroxylation sites is 1. The lowest BCUT2D eigenvalue weighted by Gasteiger charge is -2.15. The largest absolute Gasteiger partial charge is 0.467 e. The van der Waals surface area contributed by atoms with Crippen LogP contribution in [0.1, 0.15) is 12.5 Å². The average Bonchev–Trinajstić information content (AvgIpc) is 2.56. The first-order valence-corrected chi connectivity index (χ1v) is 7.25. The van der Waals surface area contributed by atoms with Gasteiger partial charge in [-0.15, -0.1) is 0 Å². The molecule has 2 aromatic rings. The third-order valence-electron chi connectivity index (χ3n) is 3.21. The molecule has 0 aromatic heterocycles. The van der Waals surface area contributed by atoms with Crippen molar-refractivity contribution in [1.29, 1.82) is 0 Å². The maximum Gasteiger partial charge on any atom is 0.328 e. The number of carbonyl (C=O) groups excluding carboxylic acids is 2. The molecule has 0 fully saturated rings. The third-order valence-corrected chi connectivity index (χ3v) is 3.21. The number of hydrogen-bond acceptors (Lipinski definition) is 4. The molecule has 0 aliphatic heterocycles. The highest BCUT2D eigenvalue weighted by atomic mass is 16.5. The van der Waals surface area contributed by atoms with Crippen LogP contribution >= 0.6 is 0 Å². The van der Waals surface area contributed by atoms with E-state index in [9.17, 15) is 9.59 Å². The Morgan fingerprint density at radius 3 is 2.17 bits per heavy atom. The zero-order chi connectivity index (χ0) is 16.7. The fourth-order valence-electron chi connectivity index (χ4n) is 2.13. The summed E-state index contributed by atoms with van der Waals surface area (Å²) in [5.41, 5.74) is 0.898. The van der Waals surface area contributed by atoms with Crippen LogP contribution in [0.25, 0.3) is 0 Å². The van der Waals surface area contributed by atoms with E-state index < -0.39 is 12.0 Å². The topological polar surface area (TPSA) is 64.6 Å². The summed E-state index contributed by atoms with van der Waals surface area (Å²) >= 11 is 0. The molecular formula is C18H19NO4. The van der Waals surface area contributed by atoms with E-state index in [2.05, 4.69) is 5.32 Å². The molecule has 0 aliphatic rings. The SMILES string of the molecule is COC(=O)C(Cc1ccc(Oc2ccccc2)cc1)NC(C)=O. The van der Waals surface area contributed by atoms with Gasteiger partial charge >= 0.3 is 5.97 Å². The maximum atomic E-state index is 11.7. The molecule has 1 atom stereocenters. The molecule has 2 rings (SSSR count). The van der Waals surface area contributed by atoms with Gasteiger partial charge in [-0.25, -0.2) is 4.79 Å². The van der Waals surface area contributed by atoms with E-state index in [1.807, 2.05) is 54.6 Å². The van der Waals surface area contributed by atoms with E-state index in [1.165, 1.54) is 14.0 Å². The number of esters is 1. The van der Waals surface area contributed by atoms with Crippen LogP contribution in [0.15, 0.2) is 54.6 Å². The summed E-state index contributed by atoms with van der Waals surface area (Å²) in [5.74, 6) is 0.717. The molecule has 1 N–H and O–H groups in total. The highest BCUT2D eigenvalue weighted by Gasteiger charge is 2.20. The lowest BCUT2D eigenvalue weighted by molar-refractivity contribution is -0.144. The Bertz CT molecular complexity index is 652. The molecular weight excluding hydrogens is 294 g/mol. The van der Waals surface area contributed by atoms with E-state index in [1.54, 1.807) is 0 Å². The molecule has 5 heteroatoms. The van der Waals surface area contributed by atoms with Crippen LogP contribution < -0.4 is 10.1 Å². The molecule has 5 nitrogen and oxygen atoms in total. The van der Waals surface area contributed by atoms with Crippen LogP contribution in [0.3, 0.4) is 0 Å². The van der Waals surface area contributed by atoms with Gasteiger partial charge in [0.05, 0.1) is 7.11 Å². The van der Waals surface area contributed by atoms with E-state index >= 15 is 0 Å². The Labute approximate surface area is 135 Å². The Morgan fingerprint density at radius 1 is 1.00 bits per heavy atom. The minimum Gasteiger partial charge on any atom is -0.467 e. The zero-order valence-corrected chi connectivity index (χ0v) is 13.1. The van der Waals surface area contributed by atoms with Crippen molar-refractivity contribution in [3.05, 3.63) is 60.2 Å². The quantitative estimate of drug-likeness (QED) is 0.833. The molecule has 23 heavy (non-hydrogen) atoms. The molecule has 0 saturated carbocycles. The normalized spacial score (nSPS) is 11.4. The van der Waals surface area contributed by atoms with Crippen LogP contribution in [0.5, 0.6) is 11.5 Å². The van der Waals surface area contributed by atoms with Crippen molar-refractivity contribution in [1.82, 2.24) is 5.32 Å². The zero-order valence-electron chi connectivity index (χ0n) is 13.1. The Kier molecular flexibility index (Phi) is 5.74. The first-order valence-electron chi connectivity index (χ1n) is 7.25. The van der Waals surface area contributed by atoms with Crippen LogP contribution in [0, 0.1) is 0 Å². The maximum absolute atomic E-state index is 11.7. The lowest BCUT2D eigenvalue weighted by atomic mass is 10.1. The number of rotatable bonds is 6. The molecule has 0 aliphatic carbocycles. The van der Waals surface area contributed by atoms with Crippen molar-refractivity contribution in [2.75, 3.05) is 7.11 Å². The van der Waals surface area contributed by atoms with E-state index in [0.29, 0.717) is 12.2 Å². The Balaban J connectivity index is 2.03. The summed E-state index contributed by atoms with van der Waals surface area (Å²) in [6.45, 7) is 1.37. The summed E-state index contributed by atoms with van der Waals surface area (Å²) in [7, 11) is 1.30. The first kappa shape index (κ1) is 16.5. The average molecular weight is 313 g/mol. The molecule has 0 bridgehead atoms. The van der Waals surface area contributed by atoms with E-state index in [4.69, 9.17) is 9.47 Å². The minimum atomic E-state index is -0.696. The number of benzene rings is 2. The van der Waals surface area contributed by atoms with Gasteiger partial charge in [-0.2, -0.15) is 0 Å². The van der Waals surface area contributed by atoms with Crippen LogP contribution in [-0.4, -0.2) is 25.0 Å². The molecule has 0 saturated heterocycles. The predicted octanol–water partition coefficient (Wildman–Crippen LogP) is 2.70. The number of carbonyl (C=O) groups is 2. The van der Waals surface area contributed by atoms with Gasteiger partial charge in [0, 0.05) is 13.3 Å². The van der Waals surface area contributed by atoms with Crippen molar-refractivity contribution < 1.29 is 19.1 Å². The predicted molar refractivity (Wildman–Crippen MR) is 86.3 cm³/mol. The molecule has 2 aromatic carbocycles. The second kappa shape index (κ2) is 7.98. The van der Waals surface area contributed by atoms with Crippen LogP contribution in [0.2, 0.25) is 0 Å². The summed E-state index contributed by atoms with van der Waals surface area (Å²) in [4.78, 5) is 22.9. The monoisotopic (exact) mass is 313 g/mol. The lowest BCUT2D eigenvalue weighted by Crippen LogP contribution is -2.41. The Morgan fingerprint density at radius 2 is 1.61 bits per heavy atom. The molecule has 0 radical (unpaired) electrons. The van der Waals surface area contributed by atoms with Gasteiger partial charge in [0.1, 0.15) is 17.5 Å². The smallest absolute Gasteiger partial charge is 0.328 e. The Hall–Kier alpha value is -2.82. The van der Waals surface area contributed by atoms with Gasteiger partial charge in [0.25, 0.3) is 0 Å². The summed E-state index contributed by atoms with van der Waals surface area (Å²) in [6.07, 6.45) is 0.359. The van der Waals surface area contributed by atoms with Crippen molar-refractivity contribution in [3.8, 4) is 11.5 Å². The summed E-state index contributed by atoms with van der Waals surface area (Å²) in [5, 5.41) is 2.59. The van der Waals surface area contributed by atoms with Crippen LogP contribution in [0.4, 0.5) is 0 Å². The van der Waals surface area contributed by atoms with Gasteiger partial charge in [-0.05, 0) is 29.8 Å². The van der Waals surface area contributed by atoms with Crippen LogP contribution in [-0.2, 0) is 20.7 Å². The van der Waals surface area contributed by atoms with Crippen molar-refractivity contribution >= 4 is 11.9 Å². The van der Waals surface area contributed by atoms with Gasteiger partial charge < -0.3 is 14.8 Å². The summed E-state index contributed by atoms with van der Waals surface area (Å²) in [6, 6.07) is 16.1. The van der Waals surface area contributed by atoms with Crippen molar-refractivity contribution in [3.63, 3.8) is 0 Å². The van der Waals surface area contributed by atoms with E-state index in [0.717, 1.165) is 11.3 Å². The second-order valence-corrected chi connectivity index (χ2v) is 5.04. The molecule has 1 unspecified atom stereocenters. The van der Waals surface area contributed by atoms with Gasteiger partial charge in [0.15, 0.2) is 0 Å². The van der Waals surface area contributed by atoms with Gasteiger partial charge in [0.2, 0.25) is 5.91 Å². The number of ether oxygens (including phenoxy) is 2. The second-order valence-electron chi connectivity index (χ2n) is 5.04. The molecule has 120 valence electrons. The van der Waals surface area contributed by atoms with E-state index in [-0.39, 0.29) is 5.91 Å². The van der Waals surface area contributed by atoms with Gasteiger partial charge in [-0.1, -0.05) is 30.3 Å². The minimum absolute atomic E-state index is 0.274. The highest BCUT2D eigenvalue weighted by molar-refractivity contribution is 5.83.